The molecule has 0 bridgehead atoms. The number of thioether (sulfide) groups is 1. The Kier molecular flexibility index (Phi) is 5.70. The summed E-state index contributed by atoms with van der Waals surface area (Å²) in [6, 6.07) is 7.97. The van der Waals surface area contributed by atoms with Gasteiger partial charge in [0.25, 0.3) is 0 Å². The highest BCUT2D eigenvalue weighted by atomic mass is 35.5. The molecule has 0 saturated heterocycles. The molecule has 0 fully saturated rings. The number of nitrogens with zero attached hydrogens (tertiary/aromatic N) is 6. The lowest BCUT2D eigenvalue weighted by Crippen LogP contribution is -2.05. The van der Waals surface area contributed by atoms with E-state index in [-0.39, 0.29) is 5.52 Å². The van der Waals surface area contributed by atoms with E-state index in [2.05, 4.69) is 15.0 Å². The van der Waals surface area contributed by atoms with Gasteiger partial charge in [-0.2, -0.15) is 18.3 Å². The maximum Gasteiger partial charge on any atom is 0.417 e. The normalized spacial score (nSPS) is 12.2. The molecule has 0 unspecified atom stereocenters. The SMILES string of the molecule is CCSc1nn2c(-c3cc(Cl)cc(Cl)c3)ccnc2c1-c1nc2cc(C(F)(F)F)cnc2n1C. The summed E-state index contributed by atoms with van der Waals surface area (Å²) >= 11 is 13.9. The number of hydrogen-bond acceptors (Lipinski definition) is 5. The molecule has 0 N–H and O–H groups in total. The Balaban J connectivity index is 1.78. The Morgan fingerprint density at radius 2 is 1.76 bits per heavy atom. The first kappa shape index (κ1) is 22.9. The van der Waals surface area contributed by atoms with Crippen LogP contribution in [-0.2, 0) is 13.2 Å². The number of hydrogen-bond donors (Lipinski definition) is 0. The highest BCUT2D eigenvalue weighted by Gasteiger charge is 2.32. The van der Waals surface area contributed by atoms with E-state index in [4.69, 9.17) is 28.3 Å². The van der Waals surface area contributed by atoms with E-state index in [0.29, 0.717) is 43.4 Å². The van der Waals surface area contributed by atoms with Crippen LogP contribution in [0.15, 0.2) is 47.8 Å². The molecular formula is C22H15Cl2F3N6S. The summed E-state index contributed by atoms with van der Waals surface area (Å²) < 4.78 is 43.0. The molecule has 4 aromatic heterocycles. The molecule has 0 atom stereocenters. The molecule has 0 aliphatic heterocycles. The summed E-state index contributed by atoms with van der Waals surface area (Å²) in [7, 11) is 1.70. The van der Waals surface area contributed by atoms with Crippen molar-refractivity contribution < 1.29 is 13.2 Å². The fourth-order valence-electron chi connectivity index (χ4n) is 3.73. The van der Waals surface area contributed by atoms with Crippen LogP contribution in [0.1, 0.15) is 12.5 Å². The largest absolute Gasteiger partial charge is 0.417 e. The van der Waals surface area contributed by atoms with Crippen molar-refractivity contribution in [3.63, 3.8) is 0 Å². The highest BCUT2D eigenvalue weighted by Crippen LogP contribution is 2.37. The van der Waals surface area contributed by atoms with Crippen LogP contribution in [0, 0.1) is 0 Å². The minimum absolute atomic E-state index is 0.136. The van der Waals surface area contributed by atoms with E-state index in [1.807, 2.05) is 6.92 Å². The van der Waals surface area contributed by atoms with Crippen molar-refractivity contribution in [1.82, 2.24) is 29.1 Å². The second kappa shape index (κ2) is 8.44. The van der Waals surface area contributed by atoms with E-state index < -0.39 is 11.7 Å². The van der Waals surface area contributed by atoms with Crippen LogP contribution < -0.4 is 0 Å². The summed E-state index contributed by atoms with van der Waals surface area (Å²) in [4.78, 5) is 13.0. The number of aryl methyl sites for hydroxylation is 1. The van der Waals surface area contributed by atoms with Gasteiger partial charge < -0.3 is 4.57 Å². The van der Waals surface area contributed by atoms with Crippen LogP contribution in [0.4, 0.5) is 13.2 Å². The Bertz CT molecular complexity index is 1540. The van der Waals surface area contributed by atoms with Gasteiger partial charge in [-0.05, 0) is 36.1 Å². The minimum atomic E-state index is -4.51. The second-order valence-electron chi connectivity index (χ2n) is 7.40. The fourth-order valence-corrected chi connectivity index (χ4v) is 5.00. The van der Waals surface area contributed by atoms with Crippen LogP contribution in [0.25, 0.3) is 39.5 Å². The van der Waals surface area contributed by atoms with Gasteiger partial charge in [0.1, 0.15) is 16.4 Å². The molecule has 0 saturated carbocycles. The zero-order chi connectivity index (χ0) is 24.2. The average Bonchev–Trinajstić information content (AvgIpc) is 3.29. The lowest BCUT2D eigenvalue weighted by molar-refractivity contribution is -0.137. The molecule has 34 heavy (non-hydrogen) atoms. The van der Waals surface area contributed by atoms with E-state index in [9.17, 15) is 13.2 Å². The number of imidazole rings is 1. The lowest BCUT2D eigenvalue weighted by Gasteiger charge is -2.06. The number of benzene rings is 1. The summed E-state index contributed by atoms with van der Waals surface area (Å²) in [5, 5.41) is 6.36. The van der Waals surface area contributed by atoms with Crippen molar-refractivity contribution in [1.29, 1.82) is 0 Å². The molecule has 5 rings (SSSR count). The van der Waals surface area contributed by atoms with E-state index in [0.717, 1.165) is 23.6 Å². The van der Waals surface area contributed by atoms with E-state index in [1.165, 1.54) is 11.8 Å². The number of fused-ring (bicyclic) bond motifs is 2. The van der Waals surface area contributed by atoms with Crippen LogP contribution in [0.3, 0.4) is 0 Å². The van der Waals surface area contributed by atoms with Crippen molar-refractivity contribution in [2.75, 3.05) is 5.75 Å². The zero-order valence-electron chi connectivity index (χ0n) is 17.7. The van der Waals surface area contributed by atoms with Gasteiger partial charge in [-0.3, -0.25) is 0 Å². The number of aromatic nitrogens is 6. The Hall–Kier alpha value is -2.82. The fraction of sp³-hybridized carbons (Fsp3) is 0.182. The maximum absolute atomic E-state index is 13.2. The molecule has 6 nitrogen and oxygen atoms in total. The predicted octanol–water partition coefficient (Wildman–Crippen LogP) is 6.78. The minimum Gasteiger partial charge on any atom is -0.312 e. The predicted molar refractivity (Wildman–Crippen MR) is 127 cm³/mol. The molecule has 0 aliphatic carbocycles. The summed E-state index contributed by atoms with van der Waals surface area (Å²) in [5.41, 5.74) is 2.16. The Morgan fingerprint density at radius 1 is 1.03 bits per heavy atom. The van der Waals surface area contributed by atoms with Gasteiger partial charge in [-0.25, -0.2) is 19.5 Å². The summed E-state index contributed by atoms with van der Waals surface area (Å²) in [6.45, 7) is 1.98. The van der Waals surface area contributed by atoms with Crippen LogP contribution >= 0.6 is 35.0 Å². The first-order chi connectivity index (χ1) is 16.2. The molecule has 5 aromatic rings. The number of halogens is 5. The van der Waals surface area contributed by atoms with Crippen molar-refractivity contribution in [3.8, 4) is 22.6 Å². The summed E-state index contributed by atoms with van der Waals surface area (Å²) in [5.74, 6) is 1.14. The standard InChI is InChI=1S/C22H15Cl2F3N6S/c1-3-34-21-17(20-30-15-8-12(22(25,26)27)10-29-18(15)32(20)2)19-28-5-4-16(33(19)31-21)11-6-13(23)9-14(24)7-11/h4-10H,3H2,1-2H3. The van der Waals surface area contributed by atoms with Gasteiger partial charge in [-0.15, -0.1) is 11.8 Å². The Labute approximate surface area is 205 Å². The van der Waals surface area contributed by atoms with E-state index >= 15 is 0 Å². The van der Waals surface area contributed by atoms with Gasteiger partial charge in [0.15, 0.2) is 11.3 Å². The van der Waals surface area contributed by atoms with Crippen molar-refractivity contribution in [2.45, 2.75) is 18.1 Å². The lowest BCUT2D eigenvalue weighted by atomic mass is 10.1. The molecule has 0 spiro atoms. The third-order valence-corrected chi connectivity index (χ3v) is 6.47. The molecule has 1 aromatic carbocycles. The van der Waals surface area contributed by atoms with Gasteiger partial charge in [0.05, 0.1) is 16.8 Å². The first-order valence-electron chi connectivity index (χ1n) is 10.0. The molecular weight excluding hydrogens is 508 g/mol. The van der Waals surface area contributed by atoms with Gasteiger partial charge in [0, 0.05) is 35.1 Å². The van der Waals surface area contributed by atoms with Crippen molar-refractivity contribution in [2.24, 2.45) is 7.05 Å². The van der Waals surface area contributed by atoms with Crippen LogP contribution in [0.5, 0.6) is 0 Å². The molecule has 0 radical (unpaired) electrons. The maximum atomic E-state index is 13.2. The number of rotatable bonds is 4. The topological polar surface area (TPSA) is 60.9 Å². The van der Waals surface area contributed by atoms with Gasteiger partial charge in [0.2, 0.25) is 0 Å². The number of alkyl halides is 3. The average molecular weight is 523 g/mol. The highest BCUT2D eigenvalue weighted by molar-refractivity contribution is 7.99. The van der Waals surface area contributed by atoms with Crippen molar-refractivity contribution in [3.05, 3.63) is 58.3 Å². The van der Waals surface area contributed by atoms with E-state index in [1.54, 1.807) is 46.6 Å². The Morgan fingerprint density at radius 3 is 2.44 bits per heavy atom. The summed E-state index contributed by atoms with van der Waals surface area (Å²) in [6.07, 6.45) is -2.07. The monoisotopic (exact) mass is 522 g/mol. The quantitative estimate of drug-likeness (QED) is 0.243. The molecule has 0 aliphatic rings. The smallest absolute Gasteiger partial charge is 0.312 e. The number of pyridine rings is 1. The molecule has 4 heterocycles. The van der Waals surface area contributed by atoms with Crippen LogP contribution in [0.2, 0.25) is 10.0 Å². The third-order valence-electron chi connectivity index (χ3n) is 5.19. The second-order valence-corrected chi connectivity index (χ2v) is 9.52. The van der Waals surface area contributed by atoms with Crippen LogP contribution in [-0.4, -0.2) is 34.9 Å². The first-order valence-corrected chi connectivity index (χ1v) is 11.8. The van der Waals surface area contributed by atoms with Gasteiger partial charge >= 0.3 is 6.18 Å². The zero-order valence-corrected chi connectivity index (χ0v) is 20.1. The molecule has 174 valence electrons. The molecule has 12 heteroatoms. The van der Waals surface area contributed by atoms with Gasteiger partial charge in [-0.1, -0.05) is 30.1 Å². The third kappa shape index (κ3) is 3.89. The molecule has 0 amide bonds. The van der Waals surface area contributed by atoms with Crippen molar-refractivity contribution >= 4 is 51.8 Å².